The molecule has 14 nitrogen and oxygen atoms in total. The van der Waals surface area contributed by atoms with Crippen molar-refractivity contribution in [3.05, 3.63) is 0 Å². The van der Waals surface area contributed by atoms with Crippen LogP contribution in [-0.4, -0.2) is 158 Å². The van der Waals surface area contributed by atoms with Gasteiger partial charge < -0.3 is 68.5 Å². The zero-order valence-corrected chi connectivity index (χ0v) is 25.1. The molecule has 248 valence electrons. The van der Waals surface area contributed by atoms with Gasteiger partial charge in [-0.2, -0.15) is 0 Å². The Hall–Kier alpha value is -0.560. The van der Waals surface area contributed by atoms with Gasteiger partial charge in [0.05, 0.1) is 90.5 Å². The molecule has 42 heavy (non-hydrogen) atoms. The van der Waals surface area contributed by atoms with E-state index in [1.807, 2.05) is 13.8 Å². The van der Waals surface area contributed by atoms with Crippen molar-refractivity contribution in [1.82, 2.24) is 0 Å². The molecular formula is C28H52O14. The van der Waals surface area contributed by atoms with Crippen molar-refractivity contribution in [1.29, 1.82) is 0 Å². The Morgan fingerprint density at radius 3 is 1.57 bits per heavy atom. The van der Waals surface area contributed by atoms with Gasteiger partial charge in [0.1, 0.15) is 24.4 Å². The molecule has 14 heteroatoms. The van der Waals surface area contributed by atoms with Gasteiger partial charge in [0.2, 0.25) is 0 Å². The van der Waals surface area contributed by atoms with Crippen LogP contribution in [0, 0.1) is 23.7 Å². The number of hydrogen-bond acceptors (Lipinski definition) is 14. The van der Waals surface area contributed by atoms with E-state index in [1.165, 1.54) is 0 Å². The second kappa shape index (κ2) is 17.8. The Labute approximate surface area is 247 Å². The van der Waals surface area contributed by atoms with Crippen LogP contribution in [0.3, 0.4) is 0 Å². The molecule has 0 aromatic carbocycles. The lowest BCUT2D eigenvalue weighted by Crippen LogP contribution is -2.62. The minimum absolute atomic E-state index is 0.0392. The van der Waals surface area contributed by atoms with Gasteiger partial charge in [-0.3, -0.25) is 0 Å². The minimum Gasteiger partial charge on any atom is -0.394 e. The van der Waals surface area contributed by atoms with Crippen molar-refractivity contribution in [3.63, 3.8) is 0 Å². The zero-order chi connectivity index (χ0) is 30.8. The smallest absolute Gasteiger partial charge is 0.163 e. The first-order valence-corrected chi connectivity index (χ1v) is 15.0. The molecule has 0 saturated carbocycles. The minimum atomic E-state index is -1.12. The average molecular weight is 613 g/mol. The van der Waals surface area contributed by atoms with E-state index < -0.39 is 73.2 Å². The van der Waals surface area contributed by atoms with Crippen LogP contribution in [0.15, 0.2) is 0 Å². The first-order valence-electron chi connectivity index (χ1n) is 15.0. The van der Waals surface area contributed by atoms with Crippen molar-refractivity contribution < 1.29 is 68.5 Å². The first-order chi connectivity index (χ1) is 20.1. The van der Waals surface area contributed by atoms with Gasteiger partial charge in [0.25, 0.3) is 0 Å². The molecule has 3 rings (SSSR count). The number of rotatable bonds is 16. The Balaban J connectivity index is 1.75. The molecule has 3 saturated heterocycles. The average Bonchev–Trinajstić information content (AvgIpc) is 2.97. The summed E-state index contributed by atoms with van der Waals surface area (Å²) in [5.41, 5.74) is 0. The predicted molar refractivity (Wildman–Crippen MR) is 145 cm³/mol. The zero-order valence-electron chi connectivity index (χ0n) is 25.1. The van der Waals surface area contributed by atoms with E-state index in [1.54, 1.807) is 13.8 Å². The van der Waals surface area contributed by atoms with Gasteiger partial charge in [-0.1, -0.05) is 27.7 Å². The molecule has 3 aliphatic heterocycles. The predicted octanol–water partition coefficient (Wildman–Crippen LogP) is -1.74. The summed E-state index contributed by atoms with van der Waals surface area (Å²) in [5.74, 6) is -1.55. The summed E-state index contributed by atoms with van der Waals surface area (Å²) in [6.07, 6.45) is -8.44. The van der Waals surface area contributed by atoms with Crippen molar-refractivity contribution in [3.8, 4) is 0 Å². The summed E-state index contributed by atoms with van der Waals surface area (Å²) in [4.78, 5) is 0. The summed E-state index contributed by atoms with van der Waals surface area (Å²) >= 11 is 0. The number of ether oxygens (including phenoxy) is 8. The molecule has 0 aliphatic carbocycles. The summed E-state index contributed by atoms with van der Waals surface area (Å²) in [7, 11) is 0. The highest BCUT2D eigenvalue weighted by Gasteiger charge is 2.50. The van der Waals surface area contributed by atoms with Crippen molar-refractivity contribution in [2.75, 3.05) is 66.1 Å². The first kappa shape index (κ1) is 35.9. The maximum atomic E-state index is 11.5. The number of aliphatic hydroxyl groups is 6. The van der Waals surface area contributed by atoms with Crippen LogP contribution in [0.1, 0.15) is 27.7 Å². The molecule has 3 heterocycles. The lowest BCUT2D eigenvalue weighted by molar-refractivity contribution is -0.356. The third-order valence-corrected chi connectivity index (χ3v) is 8.38. The maximum absolute atomic E-state index is 11.5. The van der Waals surface area contributed by atoms with Crippen LogP contribution in [0.2, 0.25) is 0 Å². The van der Waals surface area contributed by atoms with E-state index in [4.69, 9.17) is 48.1 Å². The fourth-order valence-corrected chi connectivity index (χ4v) is 5.56. The summed E-state index contributed by atoms with van der Waals surface area (Å²) < 4.78 is 47.4. The SMILES string of the molecule is CC1C(O)[C@H](O[C@@H]2OC(COCCO)[C@H](C)C(O)[C@@H]2C)[C@H](COCCO)O[C@H]1O[C@@H]1C(COCCO)OC[C@@H](C)C1O. The molecule has 0 radical (unpaired) electrons. The third-order valence-electron chi connectivity index (χ3n) is 8.38. The molecule has 3 fully saturated rings. The quantitative estimate of drug-likeness (QED) is 0.108. The van der Waals surface area contributed by atoms with Gasteiger partial charge in [0, 0.05) is 23.7 Å². The molecule has 14 atom stereocenters. The fourth-order valence-electron chi connectivity index (χ4n) is 5.56. The topological polar surface area (TPSA) is 195 Å². The third kappa shape index (κ3) is 9.23. The van der Waals surface area contributed by atoms with Crippen LogP contribution in [-0.2, 0) is 37.9 Å². The van der Waals surface area contributed by atoms with Gasteiger partial charge in [-0.05, 0) is 0 Å². The van der Waals surface area contributed by atoms with E-state index in [0.717, 1.165) is 0 Å². The molecule has 6 N–H and O–H groups in total. The van der Waals surface area contributed by atoms with Gasteiger partial charge in [-0.15, -0.1) is 0 Å². The Bertz CT molecular complexity index is 747. The molecule has 0 spiro atoms. The summed E-state index contributed by atoms with van der Waals surface area (Å²) in [5, 5.41) is 60.7. The van der Waals surface area contributed by atoms with Crippen LogP contribution in [0.25, 0.3) is 0 Å². The Morgan fingerprint density at radius 1 is 0.571 bits per heavy atom. The summed E-state index contributed by atoms with van der Waals surface area (Å²) in [6, 6.07) is 0. The van der Waals surface area contributed by atoms with Crippen LogP contribution in [0.5, 0.6) is 0 Å². The highest BCUT2D eigenvalue weighted by atomic mass is 16.7. The second-order valence-corrected chi connectivity index (χ2v) is 11.6. The van der Waals surface area contributed by atoms with Crippen LogP contribution >= 0.6 is 0 Å². The van der Waals surface area contributed by atoms with E-state index in [-0.39, 0.29) is 71.3 Å². The standard InChI is InChI=1S/C28H52O14/c1-15-11-38-20(13-36-9-6-30)25(22(15)32)41-28-18(4)24(34)26(21(40-28)14-37-10-7-31)42-27-17(3)23(33)16(2)19(39-27)12-35-8-5-29/h15-34H,5-14H2,1-4H3/t15-,16+,17+,18?,19?,20?,21+,22?,23?,24?,25-,26-,27+,28+/m1/s1. The van der Waals surface area contributed by atoms with Crippen molar-refractivity contribution in [2.45, 2.75) is 89.1 Å². The lowest BCUT2D eigenvalue weighted by Gasteiger charge is -2.49. The summed E-state index contributed by atoms with van der Waals surface area (Å²) in [6.45, 7) is 7.51. The molecule has 0 amide bonds. The molecule has 0 aromatic rings. The van der Waals surface area contributed by atoms with Crippen molar-refractivity contribution >= 4 is 0 Å². The molecule has 0 aromatic heterocycles. The van der Waals surface area contributed by atoms with Crippen LogP contribution < -0.4 is 0 Å². The molecule has 3 aliphatic rings. The highest BCUT2D eigenvalue weighted by molar-refractivity contribution is 4.93. The number of aliphatic hydroxyl groups excluding tert-OH is 6. The van der Waals surface area contributed by atoms with Crippen LogP contribution in [0.4, 0.5) is 0 Å². The largest absolute Gasteiger partial charge is 0.394 e. The van der Waals surface area contributed by atoms with E-state index in [9.17, 15) is 20.4 Å². The Kier molecular flexibility index (Phi) is 15.2. The van der Waals surface area contributed by atoms with Crippen molar-refractivity contribution in [2.24, 2.45) is 23.7 Å². The van der Waals surface area contributed by atoms with E-state index in [2.05, 4.69) is 0 Å². The second-order valence-electron chi connectivity index (χ2n) is 11.6. The highest BCUT2D eigenvalue weighted by Crippen LogP contribution is 2.37. The normalized spacial score (nSPS) is 43.0. The molecule has 0 bridgehead atoms. The molecular weight excluding hydrogens is 560 g/mol. The Morgan fingerprint density at radius 2 is 1.02 bits per heavy atom. The number of hydrogen-bond donors (Lipinski definition) is 6. The fraction of sp³-hybridized carbons (Fsp3) is 1.00. The van der Waals surface area contributed by atoms with Gasteiger partial charge in [0.15, 0.2) is 12.6 Å². The molecule has 6 unspecified atom stereocenters. The monoisotopic (exact) mass is 612 g/mol. The van der Waals surface area contributed by atoms with Gasteiger partial charge in [-0.25, -0.2) is 0 Å². The lowest BCUT2D eigenvalue weighted by atomic mass is 9.85. The van der Waals surface area contributed by atoms with E-state index >= 15 is 0 Å². The van der Waals surface area contributed by atoms with E-state index in [0.29, 0.717) is 6.61 Å². The maximum Gasteiger partial charge on any atom is 0.163 e. The van der Waals surface area contributed by atoms with Gasteiger partial charge >= 0.3 is 0 Å².